The number of thioether (sulfide) groups is 1. The average Bonchev–Trinajstić information content (AvgIpc) is 3.28. The first-order valence-corrected chi connectivity index (χ1v) is 10.1. The van der Waals surface area contributed by atoms with E-state index in [1.165, 1.54) is 11.8 Å². The van der Waals surface area contributed by atoms with E-state index in [2.05, 4.69) is 36.3 Å². The van der Waals surface area contributed by atoms with Gasteiger partial charge < -0.3 is 8.98 Å². The third kappa shape index (κ3) is 3.78. The Kier molecular flexibility index (Phi) is 5.29. The van der Waals surface area contributed by atoms with Gasteiger partial charge in [-0.05, 0) is 40.2 Å². The lowest BCUT2D eigenvalue weighted by molar-refractivity contribution is 0.528. The summed E-state index contributed by atoms with van der Waals surface area (Å²) in [4.78, 5) is 0. The van der Waals surface area contributed by atoms with Crippen molar-refractivity contribution in [1.82, 2.24) is 25.0 Å². The maximum absolute atomic E-state index is 6.26. The highest BCUT2D eigenvalue weighted by Crippen LogP contribution is 2.30. The molecule has 0 bridgehead atoms. The molecule has 2 heterocycles. The van der Waals surface area contributed by atoms with Crippen molar-refractivity contribution in [3.05, 3.63) is 63.9 Å². The molecule has 4 rings (SSSR count). The highest BCUT2D eigenvalue weighted by Gasteiger charge is 2.16. The van der Waals surface area contributed by atoms with Crippen LogP contribution in [-0.4, -0.2) is 25.0 Å². The Hall–Kier alpha value is -2.16. The van der Waals surface area contributed by atoms with Crippen LogP contribution >= 0.6 is 39.3 Å². The maximum Gasteiger partial charge on any atom is 0.248 e. The lowest BCUT2D eigenvalue weighted by atomic mass is 10.2. The summed E-state index contributed by atoms with van der Waals surface area (Å²) in [6.45, 7) is 0. The molecular formula is C18H13BrClN5OS. The summed E-state index contributed by atoms with van der Waals surface area (Å²) in [6.07, 6.45) is 0. The predicted octanol–water partition coefficient (Wildman–Crippen LogP) is 5.24. The average molecular weight is 463 g/mol. The van der Waals surface area contributed by atoms with E-state index in [0.29, 0.717) is 28.4 Å². The smallest absolute Gasteiger partial charge is 0.248 e. The third-order valence-corrected chi connectivity index (χ3v) is 5.87. The molecule has 0 aliphatic carbocycles. The molecule has 9 heteroatoms. The Labute approximate surface area is 173 Å². The van der Waals surface area contributed by atoms with Gasteiger partial charge in [0.15, 0.2) is 11.0 Å². The lowest BCUT2D eigenvalue weighted by Crippen LogP contribution is -1.95. The monoisotopic (exact) mass is 461 g/mol. The quantitative estimate of drug-likeness (QED) is 0.378. The van der Waals surface area contributed by atoms with Crippen molar-refractivity contribution < 1.29 is 4.42 Å². The fourth-order valence-electron chi connectivity index (χ4n) is 2.50. The number of hydrogen-bond acceptors (Lipinski definition) is 6. The number of nitrogens with zero attached hydrogens (tertiary/aromatic N) is 5. The molecule has 0 saturated carbocycles. The minimum Gasteiger partial charge on any atom is -0.420 e. The van der Waals surface area contributed by atoms with E-state index in [1.807, 2.05) is 60.1 Å². The van der Waals surface area contributed by atoms with Crippen molar-refractivity contribution in [2.45, 2.75) is 10.9 Å². The lowest BCUT2D eigenvalue weighted by Gasteiger charge is -2.04. The Morgan fingerprint density at radius 1 is 1.00 bits per heavy atom. The summed E-state index contributed by atoms with van der Waals surface area (Å²) < 4.78 is 8.58. The molecule has 0 atom stereocenters. The second-order valence-electron chi connectivity index (χ2n) is 5.61. The summed E-state index contributed by atoms with van der Waals surface area (Å²) >= 11 is 11.2. The van der Waals surface area contributed by atoms with Gasteiger partial charge in [0, 0.05) is 17.1 Å². The van der Waals surface area contributed by atoms with Crippen molar-refractivity contribution in [3.8, 4) is 22.8 Å². The normalized spacial score (nSPS) is 11.1. The second kappa shape index (κ2) is 7.84. The standard InChI is InChI=1S/C18H13BrClN5OS/c1-25-16(12-7-3-5-9-14(12)20)22-24-18(25)27-10-15-21-23-17(26-15)11-6-2-4-8-13(11)19/h2-9H,10H2,1H3. The van der Waals surface area contributed by atoms with E-state index in [9.17, 15) is 0 Å². The van der Waals surface area contributed by atoms with Crippen LogP contribution in [0.15, 0.2) is 62.6 Å². The Balaban J connectivity index is 1.51. The zero-order valence-electron chi connectivity index (χ0n) is 14.1. The van der Waals surface area contributed by atoms with Gasteiger partial charge in [0.05, 0.1) is 16.3 Å². The van der Waals surface area contributed by atoms with E-state index in [0.717, 1.165) is 20.8 Å². The topological polar surface area (TPSA) is 69.6 Å². The number of hydrogen-bond donors (Lipinski definition) is 0. The third-order valence-electron chi connectivity index (χ3n) is 3.85. The zero-order chi connectivity index (χ0) is 18.8. The van der Waals surface area contributed by atoms with Crippen LogP contribution in [0, 0.1) is 0 Å². The fraction of sp³-hybridized carbons (Fsp3) is 0.111. The number of benzene rings is 2. The summed E-state index contributed by atoms with van der Waals surface area (Å²) in [5.41, 5.74) is 1.70. The van der Waals surface area contributed by atoms with E-state index < -0.39 is 0 Å². The van der Waals surface area contributed by atoms with Crippen molar-refractivity contribution in [2.24, 2.45) is 7.05 Å². The fourth-order valence-corrected chi connectivity index (χ4v) is 3.92. The van der Waals surface area contributed by atoms with Gasteiger partial charge >= 0.3 is 0 Å². The molecule has 27 heavy (non-hydrogen) atoms. The van der Waals surface area contributed by atoms with E-state index in [-0.39, 0.29) is 0 Å². The van der Waals surface area contributed by atoms with E-state index in [4.69, 9.17) is 16.0 Å². The molecule has 0 unspecified atom stereocenters. The molecule has 0 aliphatic rings. The summed E-state index contributed by atoms with van der Waals surface area (Å²) in [7, 11) is 1.90. The minimum absolute atomic E-state index is 0.479. The summed E-state index contributed by atoms with van der Waals surface area (Å²) in [5, 5.41) is 18.1. The Bertz CT molecular complexity index is 1100. The van der Waals surface area contributed by atoms with Crippen LogP contribution in [0.2, 0.25) is 5.02 Å². The first-order valence-electron chi connectivity index (χ1n) is 7.98. The van der Waals surface area contributed by atoms with Crippen LogP contribution in [0.3, 0.4) is 0 Å². The first kappa shape index (κ1) is 18.2. The van der Waals surface area contributed by atoms with Crippen LogP contribution in [0.4, 0.5) is 0 Å². The van der Waals surface area contributed by atoms with Crippen LogP contribution in [-0.2, 0) is 12.8 Å². The van der Waals surface area contributed by atoms with Gasteiger partial charge in [0.2, 0.25) is 11.8 Å². The highest BCUT2D eigenvalue weighted by molar-refractivity contribution is 9.10. The molecule has 0 aliphatic heterocycles. The minimum atomic E-state index is 0.479. The van der Waals surface area contributed by atoms with Gasteiger partial charge in [0.25, 0.3) is 0 Å². The molecule has 2 aromatic heterocycles. The van der Waals surface area contributed by atoms with Crippen LogP contribution in [0.1, 0.15) is 5.89 Å². The molecule has 0 saturated heterocycles. The molecule has 0 amide bonds. The number of aromatic nitrogens is 5. The predicted molar refractivity (Wildman–Crippen MR) is 108 cm³/mol. The van der Waals surface area contributed by atoms with Crippen molar-refractivity contribution >= 4 is 39.3 Å². The van der Waals surface area contributed by atoms with E-state index >= 15 is 0 Å². The molecule has 0 fully saturated rings. The largest absolute Gasteiger partial charge is 0.420 e. The summed E-state index contributed by atoms with van der Waals surface area (Å²) in [5.74, 6) is 2.20. The zero-order valence-corrected chi connectivity index (χ0v) is 17.3. The summed E-state index contributed by atoms with van der Waals surface area (Å²) in [6, 6.07) is 15.3. The van der Waals surface area contributed by atoms with Gasteiger partial charge in [-0.15, -0.1) is 20.4 Å². The molecule has 0 spiro atoms. The van der Waals surface area contributed by atoms with Crippen molar-refractivity contribution in [1.29, 1.82) is 0 Å². The van der Waals surface area contributed by atoms with Gasteiger partial charge in [-0.1, -0.05) is 47.6 Å². The Morgan fingerprint density at radius 3 is 2.52 bits per heavy atom. The maximum atomic E-state index is 6.26. The van der Waals surface area contributed by atoms with Crippen molar-refractivity contribution in [2.75, 3.05) is 0 Å². The number of halogens is 2. The molecule has 0 N–H and O–H groups in total. The molecule has 0 radical (unpaired) electrons. The first-order chi connectivity index (χ1) is 13.1. The van der Waals surface area contributed by atoms with Crippen LogP contribution in [0.5, 0.6) is 0 Å². The molecule has 4 aromatic rings. The van der Waals surface area contributed by atoms with Crippen molar-refractivity contribution in [3.63, 3.8) is 0 Å². The van der Waals surface area contributed by atoms with Gasteiger partial charge in [-0.2, -0.15) is 0 Å². The highest BCUT2D eigenvalue weighted by atomic mass is 79.9. The molecule has 2 aromatic carbocycles. The van der Waals surface area contributed by atoms with Gasteiger partial charge in [-0.25, -0.2) is 0 Å². The van der Waals surface area contributed by atoms with Gasteiger partial charge in [0.1, 0.15) is 0 Å². The Morgan fingerprint density at radius 2 is 1.74 bits per heavy atom. The molecular weight excluding hydrogens is 450 g/mol. The van der Waals surface area contributed by atoms with E-state index in [1.54, 1.807) is 0 Å². The second-order valence-corrected chi connectivity index (χ2v) is 7.82. The van der Waals surface area contributed by atoms with Crippen LogP contribution in [0.25, 0.3) is 22.8 Å². The molecule has 136 valence electrons. The SMILES string of the molecule is Cn1c(SCc2nnc(-c3ccccc3Br)o2)nnc1-c1ccccc1Cl. The van der Waals surface area contributed by atoms with Crippen LogP contribution < -0.4 is 0 Å². The molecule has 6 nitrogen and oxygen atoms in total. The van der Waals surface area contributed by atoms with Gasteiger partial charge in [-0.3, -0.25) is 0 Å². The number of rotatable bonds is 5.